The van der Waals surface area contributed by atoms with Gasteiger partial charge in [-0.05, 0) is 110 Å². The first-order chi connectivity index (χ1) is 22.6. The number of fused-ring (bicyclic) bond motifs is 2. The van der Waals surface area contributed by atoms with E-state index in [0.29, 0.717) is 13.2 Å². The molecular weight excluding hydrogens is 1540 g/mol. The molecule has 4 aromatic carbocycles. The lowest BCUT2D eigenvalue weighted by Gasteiger charge is -2.23. The fourth-order valence-electron chi connectivity index (χ4n) is 4.94. The number of benzene rings is 4. The van der Waals surface area contributed by atoms with Crippen molar-refractivity contribution in [2.24, 2.45) is 0 Å². The zero-order chi connectivity index (χ0) is 35.6. The molecule has 0 aliphatic carbocycles. The van der Waals surface area contributed by atoms with Crippen molar-refractivity contribution < 1.29 is 9.47 Å². The van der Waals surface area contributed by atoms with E-state index in [1.165, 1.54) is 11.1 Å². The summed E-state index contributed by atoms with van der Waals surface area (Å²) in [5.41, 5.74) is 2.35. The van der Waals surface area contributed by atoms with Gasteiger partial charge in [-0.2, -0.15) is 0 Å². The second-order valence-corrected chi connectivity index (χ2v) is 23.9. The molecule has 2 nitrogen and oxygen atoms in total. The van der Waals surface area contributed by atoms with Gasteiger partial charge in [0.25, 0.3) is 0 Å². The van der Waals surface area contributed by atoms with Gasteiger partial charge < -0.3 is 9.47 Å². The quantitative estimate of drug-likeness (QED) is 0.117. The molecule has 0 spiro atoms. The Balaban J connectivity index is 1.70. The summed E-state index contributed by atoms with van der Waals surface area (Å²) in [4.78, 5) is 1.01. The number of rotatable bonds is 14. The SMILES string of the molecule is CC(c1cc(Br)c2c(OCC(Br)C(Br)C(Br)CBr)c(Br)c(Br)cc2c1)c1cc(Br)c2c(OCC(Br)C(Br)C(Br)CBr)c(Br)c(Br)cc2c1. The van der Waals surface area contributed by atoms with Crippen molar-refractivity contribution in [2.75, 3.05) is 23.9 Å². The molecule has 0 aliphatic heterocycles. The highest BCUT2D eigenvalue weighted by Crippen LogP contribution is 2.47. The van der Waals surface area contributed by atoms with E-state index >= 15 is 0 Å². The molecule has 0 fully saturated rings. The van der Waals surface area contributed by atoms with Crippen LogP contribution in [0.25, 0.3) is 21.5 Å². The van der Waals surface area contributed by atoms with Gasteiger partial charge in [0.05, 0.1) is 18.6 Å². The third-order valence-corrected chi connectivity index (χ3v) is 24.7. The molecular formula is C32H24Br14O2. The van der Waals surface area contributed by atoms with Gasteiger partial charge in [0, 0.05) is 64.6 Å². The van der Waals surface area contributed by atoms with E-state index in [0.717, 1.165) is 70.5 Å². The third-order valence-electron chi connectivity index (χ3n) is 7.57. The van der Waals surface area contributed by atoms with E-state index < -0.39 is 0 Å². The summed E-state index contributed by atoms with van der Waals surface area (Å²) in [6.45, 7) is 3.18. The van der Waals surface area contributed by atoms with Crippen LogP contribution in [0.15, 0.2) is 63.2 Å². The average molecular weight is 1560 g/mol. The second-order valence-electron chi connectivity index (χ2n) is 10.8. The molecule has 6 unspecified atom stereocenters. The van der Waals surface area contributed by atoms with Crippen LogP contribution in [-0.4, -0.2) is 52.8 Å². The normalized spacial score (nSPS) is 16.4. The van der Waals surface area contributed by atoms with Crippen LogP contribution >= 0.6 is 223 Å². The van der Waals surface area contributed by atoms with Crippen molar-refractivity contribution in [2.45, 2.75) is 41.8 Å². The van der Waals surface area contributed by atoms with Gasteiger partial charge in [-0.25, -0.2) is 0 Å². The molecule has 0 aromatic heterocycles. The highest BCUT2D eigenvalue weighted by molar-refractivity contribution is 9.15. The zero-order valence-corrected chi connectivity index (χ0v) is 46.6. The lowest BCUT2D eigenvalue weighted by atomic mass is 9.90. The molecule has 0 aliphatic rings. The highest BCUT2D eigenvalue weighted by Gasteiger charge is 2.27. The van der Waals surface area contributed by atoms with E-state index in [2.05, 4.69) is 266 Å². The summed E-state index contributed by atoms with van der Waals surface area (Å²) >= 11 is 52.5. The van der Waals surface area contributed by atoms with Crippen molar-refractivity contribution in [1.82, 2.24) is 0 Å². The van der Waals surface area contributed by atoms with Gasteiger partial charge in [0.2, 0.25) is 0 Å². The van der Waals surface area contributed by atoms with Crippen molar-refractivity contribution in [3.63, 3.8) is 0 Å². The van der Waals surface area contributed by atoms with Crippen LogP contribution in [0.3, 0.4) is 0 Å². The predicted molar refractivity (Wildman–Crippen MR) is 256 cm³/mol. The molecule has 4 aromatic rings. The molecule has 0 bridgehead atoms. The molecule has 16 heteroatoms. The van der Waals surface area contributed by atoms with Crippen molar-refractivity contribution in [1.29, 1.82) is 0 Å². The Bertz CT molecular complexity index is 1640. The van der Waals surface area contributed by atoms with Crippen molar-refractivity contribution >= 4 is 245 Å². The predicted octanol–water partition coefficient (Wildman–Crippen LogP) is 16.8. The Morgan fingerprint density at radius 2 is 0.854 bits per heavy atom. The van der Waals surface area contributed by atoms with Crippen LogP contribution in [0.1, 0.15) is 24.0 Å². The lowest BCUT2D eigenvalue weighted by molar-refractivity contribution is 0.319. The largest absolute Gasteiger partial charge is 0.490 e. The zero-order valence-electron chi connectivity index (χ0n) is 24.4. The molecule has 0 heterocycles. The fourth-order valence-corrected chi connectivity index (χ4v) is 13.0. The molecule has 48 heavy (non-hydrogen) atoms. The maximum Gasteiger partial charge on any atom is 0.143 e. The highest BCUT2D eigenvalue weighted by atomic mass is 79.9. The third kappa shape index (κ3) is 10.6. The molecule has 0 saturated heterocycles. The molecule has 0 N–H and O–H groups in total. The number of halogens is 14. The van der Waals surface area contributed by atoms with Crippen LogP contribution in [-0.2, 0) is 0 Å². The minimum Gasteiger partial charge on any atom is -0.490 e. The molecule has 4 rings (SSSR count). The molecule has 262 valence electrons. The van der Waals surface area contributed by atoms with Gasteiger partial charge in [-0.1, -0.05) is 178 Å². The summed E-state index contributed by atoms with van der Waals surface area (Å²) in [5.74, 6) is 1.66. The fraction of sp³-hybridized carbons (Fsp3) is 0.375. The van der Waals surface area contributed by atoms with Gasteiger partial charge in [-0.15, -0.1) is 0 Å². The smallest absolute Gasteiger partial charge is 0.143 e. The maximum absolute atomic E-state index is 6.48. The standard InChI is InChI=1S/C32H24Br14O2/c1-12(13-2-15-6-19(37)29(45)31(25(15)17(35)4-13)47-10-23(41)27(43)21(39)8-33)14-3-16-7-20(38)30(46)32(26(16)18(36)5-14)48-11-24(42)28(44)22(40)9-34/h2-7,12,21-24,27-28H,8-11H2,1H3. The first-order valence-electron chi connectivity index (χ1n) is 14.0. The minimum absolute atomic E-state index is 0.0828. The summed E-state index contributed by atoms with van der Waals surface area (Å²) in [5, 5.41) is 5.80. The Morgan fingerprint density at radius 1 is 0.500 bits per heavy atom. The molecule has 0 amide bonds. The van der Waals surface area contributed by atoms with Crippen LogP contribution in [0.5, 0.6) is 11.5 Å². The molecule has 6 atom stereocenters. The Kier molecular flexibility index (Phi) is 18.7. The molecule has 0 radical (unpaired) electrons. The topological polar surface area (TPSA) is 18.5 Å². The summed E-state index contributed by atoms with van der Waals surface area (Å²) in [6, 6.07) is 13.1. The Hall–Kier alpha value is 3.72. The first kappa shape index (κ1) is 44.4. The Morgan fingerprint density at radius 3 is 1.19 bits per heavy atom. The van der Waals surface area contributed by atoms with E-state index in [-0.39, 0.29) is 34.9 Å². The number of ether oxygens (including phenoxy) is 2. The van der Waals surface area contributed by atoms with E-state index in [1.807, 2.05) is 0 Å². The number of hydrogen-bond donors (Lipinski definition) is 0. The number of hydrogen-bond acceptors (Lipinski definition) is 2. The monoisotopic (exact) mass is 1550 g/mol. The van der Waals surface area contributed by atoms with Crippen molar-refractivity contribution in [3.05, 3.63) is 74.4 Å². The van der Waals surface area contributed by atoms with Crippen LogP contribution in [0.2, 0.25) is 0 Å². The maximum atomic E-state index is 6.48. The van der Waals surface area contributed by atoms with Crippen LogP contribution < -0.4 is 9.47 Å². The van der Waals surface area contributed by atoms with Gasteiger partial charge in [0.1, 0.15) is 24.7 Å². The lowest BCUT2D eigenvalue weighted by Crippen LogP contribution is -2.30. The van der Waals surface area contributed by atoms with Crippen molar-refractivity contribution in [3.8, 4) is 11.5 Å². The van der Waals surface area contributed by atoms with Crippen LogP contribution in [0, 0.1) is 0 Å². The van der Waals surface area contributed by atoms with Gasteiger partial charge >= 0.3 is 0 Å². The molecule has 0 saturated carbocycles. The summed E-state index contributed by atoms with van der Waals surface area (Å²) < 4.78 is 18.5. The average Bonchev–Trinajstić information content (AvgIpc) is 3.06. The first-order valence-corrected chi connectivity index (χ1v) is 26.5. The minimum atomic E-state index is 0.0828. The summed E-state index contributed by atoms with van der Waals surface area (Å²) in [6.07, 6.45) is 0. The number of alkyl halides is 8. The van der Waals surface area contributed by atoms with E-state index in [1.54, 1.807) is 0 Å². The van der Waals surface area contributed by atoms with Gasteiger partial charge in [0.15, 0.2) is 0 Å². The Labute approximate surface area is 399 Å². The van der Waals surface area contributed by atoms with E-state index in [4.69, 9.17) is 9.47 Å². The van der Waals surface area contributed by atoms with Crippen LogP contribution in [0.4, 0.5) is 0 Å². The van der Waals surface area contributed by atoms with E-state index in [9.17, 15) is 0 Å². The summed E-state index contributed by atoms with van der Waals surface area (Å²) in [7, 11) is 0. The van der Waals surface area contributed by atoms with Gasteiger partial charge in [-0.3, -0.25) is 0 Å². The second kappa shape index (κ2) is 20.2.